The molecule has 1 aliphatic heterocycles. The lowest BCUT2D eigenvalue weighted by atomic mass is 10.0. The zero-order valence-corrected chi connectivity index (χ0v) is 10.4. The second-order valence-corrected chi connectivity index (χ2v) is 5.11. The largest absolute Gasteiger partial charge is 0.337 e. The van der Waals surface area contributed by atoms with Crippen LogP contribution in [-0.2, 0) is 6.54 Å². The van der Waals surface area contributed by atoms with Crippen molar-refractivity contribution in [3.8, 4) is 0 Å². The van der Waals surface area contributed by atoms with E-state index in [-0.39, 0.29) is 0 Å². The van der Waals surface area contributed by atoms with Gasteiger partial charge in [-0.25, -0.2) is 0 Å². The molecule has 1 heterocycles. The third-order valence-electron chi connectivity index (χ3n) is 3.65. The van der Waals surface area contributed by atoms with Gasteiger partial charge in [-0.2, -0.15) is 0 Å². The van der Waals surface area contributed by atoms with Crippen LogP contribution < -0.4 is 4.90 Å². The van der Waals surface area contributed by atoms with E-state index >= 15 is 0 Å². The third kappa shape index (κ3) is 3.06. The standard InChI is InChI=1S/C14H22N2/c1-15(2)14-8-10-16(11-9-14)12-13-6-4-3-5-7-13/h3-7,14H,8-12H2,1-2H3/p+1. The van der Waals surface area contributed by atoms with Crippen LogP contribution in [0.5, 0.6) is 0 Å². The van der Waals surface area contributed by atoms with Crippen LogP contribution in [0.1, 0.15) is 18.4 Å². The topological polar surface area (TPSA) is 7.68 Å². The third-order valence-corrected chi connectivity index (χ3v) is 3.65. The van der Waals surface area contributed by atoms with Crippen molar-refractivity contribution in [1.29, 1.82) is 0 Å². The second kappa shape index (κ2) is 5.46. The fraction of sp³-hybridized carbons (Fsp3) is 0.571. The second-order valence-electron chi connectivity index (χ2n) is 5.11. The lowest BCUT2D eigenvalue weighted by Gasteiger charge is -2.33. The zero-order chi connectivity index (χ0) is 11.4. The average Bonchev–Trinajstić information content (AvgIpc) is 2.31. The highest BCUT2D eigenvalue weighted by Gasteiger charge is 2.22. The van der Waals surface area contributed by atoms with E-state index in [0.29, 0.717) is 0 Å². The van der Waals surface area contributed by atoms with Gasteiger partial charge in [0.05, 0.1) is 20.1 Å². The van der Waals surface area contributed by atoms with Crippen LogP contribution in [0.3, 0.4) is 0 Å². The molecule has 0 saturated carbocycles. The summed E-state index contributed by atoms with van der Waals surface area (Å²) in [6, 6.07) is 11.7. The molecule has 88 valence electrons. The Labute approximate surface area is 98.9 Å². The summed E-state index contributed by atoms with van der Waals surface area (Å²) in [5.74, 6) is 0. The molecule has 0 spiro atoms. The Morgan fingerprint density at radius 3 is 2.31 bits per heavy atom. The van der Waals surface area contributed by atoms with Crippen LogP contribution in [0.4, 0.5) is 0 Å². The number of nitrogens with zero attached hydrogens (tertiary/aromatic N) is 1. The van der Waals surface area contributed by atoms with E-state index in [1.54, 1.807) is 4.90 Å². The van der Waals surface area contributed by atoms with Gasteiger partial charge < -0.3 is 4.90 Å². The molecule has 16 heavy (non-hydrogen) atoms. The number of likely N-dealkylation sites (tertiary alicyclic amines) is 1. The Hall–Kier alpha value is -0.860. The van der Waals surface area contributed by atoms with Crippen molar-refractivity contribution in [3.05, 3.63) is 35.9 Å². The normalized spacial score (nSPS) is 19.2. The smallest absolute Gasteiger partial charge is 0.0895 e. The lowest BCUT2D eigenvalue weighted by molar-refractivity contribution is -0.887. The SMILES string of the molecule is C[NH+](C)C1CCN(Cc2ccccc2)CC1. The van der Waals surface area contributed by atoms with E-state index in [2.05, 4.69) is 49.3 Å². The maximum absolute atomic E-state index is 2.58. The molecule has 2 heteroatoms. The summed E-state index contributed by atoms with van der Waals surface area (Å²) in [5.41, 5.74) is 1.44. The summed E-state index contributed by atoms with van der Waals surface area (Å²) >= 11 is 0. The molecule has 0 aliphatic carbocycles. The molecule has 0 amide bonds. The Balaban J connectivity index is 1.82. The van der Waals surface area contributed by atoms with Crippen molar-refractivity contribution in [2.75, 3.05) is 27.2 Å². The zero-order valence-electron chi connectivity index (χ0n) is 10.4. The summed E-state index contributed by atoms with van der Waals surface area (Å²) in [5, 5.41) is 0. The summed E-state index contributed by atoms with van der Waals surface area (Å²) < 4.78 is 0. The number of quaternary nitrogens is 1. The van der Waals surface area contributed by atoms with Crippen molar-refractivity contribution in [2.24, 2.45) is 0 Å². The van der Waals surface area contributed by atoms with Crippen molar-refractivity contribution in [1.82, 2.24) is 4.90 Å². The van der Waals surface area contributed by atoms with E-state index in [9.17, 15) is 0 Å². The van der Waals surface area contributed by atoms with Gasteiger partial charge in [-0.05, 0) is 5.56 Å². The van der Waals surface area contributed by atoms with E-state index in [1.165, 1.54) is 31.5 Å². The average molecular weight is 219 g/mol. The van der Waals surface area contributed by atoms with Crippen molar-refractivity contribution in [3.63, 3.8) is 0 Å². The molecule has 0 unspecified atom stereocenters. The number of hydrogen-bond acceptors (Lipinski definition) is 1. The van der Waals surface area contributed by atoms with Crippen molar-refractivity contribution >= 4 is 0 Å². The molecule has 1 saturated heterocycles. The molecule has 1 aromatic rings. The minimum Gasteiger partial charge on any atom is -0.337 e. The molecule has 1 fully saturated rings. The van der Waals surface area contributed by atoms with Gasteiger partial charge in [-0.15, -0.1) is 0 Å². The maximum Gasteiger partial charge on any atom is 0.0895 e. The summed E-state index contributed by atoms with van der Waals surface area (Å²) in [6.07, 6.45) is 2.68. The predicted octanol–water partition coefficient (Wildman–Crippen LogP) is 0.796. The Kier molecular flexibility index (Phi) is 3.97. The Morgan fingerprint density at radius 2 is 1.75 bits per heavy atom. The fourth-order valence-electron chi connectivity index (χ4n) is 2.51. The maximum atomic E-state index is 2.58. The number of hydrogen-bond donors (Lipinski definition) is 1. The van der Waals surface area contributed by atoms with E-state index in [1.807, 2.05) is 0 Å². The fourth-order valence-corrected chi connectivity index (χ4v) is 2.51. The van der Waals surface area contributed by atoms with Crippen LogP contribution >= 0.6 is 0 Å². The van der Waals surface area contributed by atoms with E-state index in [4.69, 9.17) is 0 Å². The van der Waals surface area contributed by atoms with Gasteiger partial charge in [0.2, 0.25) is 0 Å². The number of benzene rings is 1. The van der Waals surface area contributed by atoms with E-state index in [0.717, 1.165) is 12.6 Å². The first kappa shape index (κ1) is 11.6. The molecule has 1 aromatic carbocycles. The Morgan fingerprint density at radius 1 is 1.12 bits per heavy atom. The highest BCUT2D eigenvalue weighted by Crippen LogP contribution is 2.11. The highest BCUT2D eigenvalue weighted by molar-refractivity contribution is 5.14. The lowest BCUT2D eigenvalue weighted by Crippen LogP contribution is -3.10. The minimum absolute atomic E-state index is 0.868. The van der Waals surface area contributed by atoms with Crippen LogP contribution in [0.25, 0.3) is 0 Å². The van der Waals surface area contributed by atoms with Crippen LogP contribution in [0.15, 0.2) is 30.3 Å². The minimum atomic E-state index is 0.868. The van der Waals surface area contributed by atoms with Crippen LogP contribution in [0, 0.1) is 0 Å². The Bertz CT molecular complexity index is 300. The molecule has 0 radical (unpaired) electrons. The van der Waals surface area contributed by atoms with Gasteiger partial charge in [0.25, 0.3) is 0 Å². The quantitative estimate of drug-likeness (QED) is 0.790. The van der Waals surface area contributed by atoms with Gasteiger partial charge in [-0.3, -0.25) is 4.90 Å². The van der Waals surface area contributed by atoms with Gasteiger partial charge in [0.15, 0.2) is 0 Å². The van der Waals surface area contributed by atoms with Crippen molar-refractivity contribution < 1.29 is 4.90 Å². The first-order chi connectivity index (χ1) is 7.75. The first-order valence-electron chi connectivity index (χ1n) is 6.32. The van der Waals surface area contributed by atoms with Gasteiger partial charge in [0.1, 0.15) is 0 Å². The molecule has 2 nitrogen and oxygen atoms in total. The van der Waals surface area contributed by atoms with Crippen molar-refractivity contribution in [2.45, 2.75) is 25.4 Å². The molecule has 2 rings (SSSR count). The molecule has 0 aromatic heterocycles. The van der Waals surface area contributed by atoms with Gasteiger partial charge in [-0.1, -0.05) is 30.3 Å². The number of rotatable bonds is 3. The van der Waals surface area contributed by atoms with Gasteiger partial charge >= 0.3 is 0 Å². The summed E-state index contributed by atoms with van der Waals surface area (Å²) in [7, 11) is 4.55. The number of nitrogens with one attached hydrogen (secondary N) is 1. The van der Waals surface area contributed by atoms with Gasteiger partial charge in [0, 0.05) is 32.5 Å². The molecule has 1 aliphatic rings. The van der Waals surface area contributed by atoms with Crippen LogP contribution in [-0.4, -0.2) is 38.1 Å². The molecule has 1 N–H and O–H groups in total. The monoisotopic (exact) mass is 219 g/mol. The summed E-state index contributed by atoms with van der Waals surface area (Å²) in [4.78, 5) is 4.19. The van der Waals surface area contributed by atoms with E-state index < -0.39 is 0 Å². The van der Waals surface area contributed by atoms with Crippen LogP contribution in [0.2, 0.25) is 0 Å². The number of piperidine rings is 1. The predicted molar refractivity (Wildman–Crippen MR) is 67.6 cm³/mol. The molecule has 0 atom stereocenters. The highest BCUT2D eigenvalue weighted by atomic mass is 15.2. The summed E-state index contributed by atoms with van der Waals surface area (Å²) in [6.45, 7) is 3.63. The molecule has 0 bridgehead atoms. The first-order valence-corrected chi connectivity index (χ1v) is 6.32. The molecular formula is C14H23N2+. The molecular weight excluding hydrogens is 196 g/mol.